The highest BCUT2D eigenvalue weighted by Crippen LogP contribution is 2.03. The average molecular weight is 182 g/mol. The van der Waals surface area contributed by atoms with Crippen molar-refractivity contribution < 1.29 is 4.79 Å². The Bertz CT molecular complexity index is 294. The lowest BCUT2D eigenvalue weighted by molar-refractivity contribution is -0.117. The van der Waals surface area contributed by atoms with Gasteiger partial charge in [0, 0.05) is 13.1 Å². The van der Waals surface area contributed by atoms with Crippen molar-refractivity contribution in [2.75, 3.05) is 12.4 Å². The minimum absolute atomic E-state index is 0.0638. The van der Waals surface area contributed by atoms with Crippen molar-refractivity contribution in [2.24, 2.45) is 7.05 Å². The predicted octanol–water partition coefficient (Wildman–Crippen LogP) is -0.0335. The van der Waals surface area contributed by atoms with Crippen LogP contribution < -0.4 is 10.6 Å². The molecular formula is C8H14N4O. The summed E-state index contributed by atoms with van der Waals surface area (Å²) < 4.78 is 1.61. The summed E-state index contributed by atoms with van der Waals surface area (Å²) in [5.74, 6) is 0.637. The zero-order valence-electron chi connectivity index (χ0n) is 8.03. The molecule has 0 aliphatic rings. The lowest BCUT2D eigenvalue weighted by Gasteiger charge is -2.10. The molecule has 5 heteroatoms. The number of nitrogens with one attached hydrogen (secondary N) is 2. The molecule has 2 N–H and O–H groups in total. The van der Waals surface area contributed by atoms with Gasteiger partial charge in [0.25, 0.3) is 0 Å². The third-order valence-electron chi connectivity index (χ3n) is 1.90. The van der Waals surface area contributed by atoms with Crippen LogP contribution in [0.4, 0.5) is 5.82 Å². The number of hydrogen-bond donors (Lipinski definition) is 2. The van der Waals surface area contributed by atoms with Gasteiger partial charge in [0.1, 0.15) is 5.82 Å². The van der Waals surface area contributed by atoms with E-state index < -0.39 is 0 Å². The standard InChI is InChI=1S/C8H14N4O/c1-6(9-2)8(13)11-7-4-5-10-12(7)3/h4-6,9H,1-3H3,(H,11,13). The third-order valence-corrected chi connectivity index (χ3v) is 1.90. The number of carbonyl (C=O) groups is 1. The van der Waals surface area contributed by atoms with E-state index in [-0.39, 0.29) is 11.9 Å². The molecule has 0 fully saturated rings. The van der Waals surface area contributed by atoms with Crippen molar-refractivity contribution in [1.29, 1.82) is 0 Å². The zero-order chi connectivity index (χ0) is 9.84. The van der Waals surface area contributed by atoms with Crippen molar-refractivity contribution >= 4 is 11.7 Å². The molecule has 1 rings (SSSR count). The van der Waals surface area contributed by atoms with Crippen molar-refractivity contribution in [2.45, 2.75) is 13.0 Å². The monoisotopic (exact) mass is 182 g/mol. The lowest BCUT2D eigenvalue weighted by Crippen LogP contribution is -2.35. The van der Waals surface area contributed by atoms with Gasteiger partial charge in [-0.25, -0.2) is 0 Å². The van der Waals surface area contributed by atoms with E-state index in [9.17, 15) is 4.79 Å². The second kappa shape index (κ2) is 4.04. The molecule has 1 amide bonds. The molecule has 13 heavy (non-hydrogen) atoms. The van der Waals surface area contributed by atoms with E-state index >= 15 is 0 Å². The molecule has 1 heterocycles. The number of nitrogens with zero attached hydrogens (tertiary/aromatic N) is 2. The second-order valence-electron chi connectivity index (χ2n) is 2.84. The summed E-state index contributed by atoms with van der Waals surface area (Å²) in [7, 11) is 3.52. The quantitative estimate of drug-likeness (QED) is 0.690. The summed E-state index contributed by atoms with van der Waals surface area (Å²) in [6.45, 7) is 1.80. The minimum Gasteiger partial charge on any atom is -0.310 e. The van der Waals surface area contributed by atoms with Gasteiger partial charge in [-0.2, -0.15) is 5.10 Å². The molecule has 1 aromatic rings. The number of carbonyl (C=O) groups excluding carboxylic acids is 1. The zero-order valence-corrected chi connectivity index (χ0v) is 8.03. The van der Waals surface area contributed by atoms with E-state index in [1.807, 2.05) is 0 Å². The summed E-state index contributed by atoms with van der Waals surface area (Å²) in [4.78, 5) is 11.4. The van der Waals surface area contributed by atoms with Crippen molar-refractivity contribution in [1.82, 2.24) is 15.1 Å². The van der Waals surface area contributed by atoms with Crippen LogP contribution in [-0.2, 0) is 11.8 Å². The molecule has 1 atom stereocenters. The summed E-state index contributed by atoms with van der Waals surface area (Å²) in [5.41, 5.74) is 0. The number of likely N-dealkylation sites (N-methyl/N-ethyl adjacent to an activating group) is 1. The summed E-state index contributed by atoms with van der Waals surface area (Å²) in [6.07, 6.45) is 1.64. The Morgan fingerprint density at radius 2 is 2.38 bits per heavy atom. The van der Waals surface area contributed by atoms with E-state index in [4.69, 9.17) is 0 Å². The van der Waals surface area contributed by atoms with Gasteiger partial charge in [0.05, 0.1) is 12.2 Å². The van der Waals surface area contributed by atoms with E-state index in [2.05, 4.69) is 15.7 Å². The Balaban J connectivity index is 2.60. The maximum atomic E-state index is 11.4. The molecule has 72 valence electrons. The fourth-order valence-corrected chi connectivity index (χ4v) is 0.862. The Morgan fingerprint density at radius 3 is 2.85 bits per heavy atom. The lowest BCUT2D eigenvalue weighted by atomic mass is 10.3. The van der Waals surface area contributed by atoms with Crippen molar-refractivity contribution in [3.05, 3.63) is 12.3 Å². The summed E-state index contributed by atoms with van der Waals surface area (Å²) in [6, 6.07) is 1.55. The average Bonchev–Trinajstić information content (AvgIpc) is 2.50. The first-order chi connectivity index (χ1) is 6.15. The highest BCUT2D eigenvalue weighted by atomic mass is 16.2. The van der Waals surface area contributed by atoms with Crippen LogP contribution >= 0.6 is 0 Å². The smallest absolute Gasteiger partial charge is 0.242 e. The van der Waals surface area contributed by atoms with Crippen LogP contribution in [0.15, 0.2) is 12.3 Å². The van der Waals surface area contributed by atoms with Crippen LogP contribution in [0.1, 0.15) is 6.92 Å². The molecule has 0 radical (unpaired) electrons. The fraction of sp³-hybridized carbons (Fsp3) is 0.500. The Labute approximate surface area is 77.1 Å². The van der Waals surface area contributed by atoms with Crippen LogP contribution in [0.3, 0.4) is 0 Å². The number of aromatic nitrogens is 2. The summed E-state index contributed by atoms with van der Waals surface area (Å²) >= 11 is 0. The molecule has 5 nitrogen and oxygen atoms in total. The van der Waals surface area contributed by atoms with Crippen LogP contribution in [0.5, 0.6) is 0 Å². The molecule has 0 aliphatic carbocycles. The molecule has 0 aromatic carbocycles. The van der Waals surface area contributed by atoms with Gasteiger partial charge >= 0.3 is 0 Å². The predicted molar refractivity (Wildman–Crippen MR) is 50.4 cm³/mol. The van der Waals surface area contributed by atoms with Crippen molar-refractivity contribution in [3.63, 3.8) is 0 Å². The first-order valence-corrected chi connectivity index (χ1v) is 4.11. The van der Waals surface area contributed by atoms with Gasteiger partial charge in [-0.05, 0) is 14.0 Å². The van der Waals surface area contributed by atoms with E-state index in [0.717, 1.165) is 0 Å². The van der Waals surface area contributed by atoms with Crippen LogP contribution in [0.2, 0.25) is 0 Å². The molecule has 1 unspecified atom stereocenters. The largest absolute Gasteiger partial charge is 0.310 e. The second-order valence-corrected chi connectivity index (χ2v) is 2.84. The number of amides is 1. The van der Waals surface area contributed by atoms with Gasteiger partial charge in [-0.3, -0.25) is 9.48 Å². The third kappa shape index (κ3) is 2.29. The van der Waals surface area contributed by atoms with Crippen LogP contribution in [0.25, 0.3) is 0 Å². The van der Waals surface area contributed by atoms with Crippen molar-refractivity contribution in [3.8, 4) is 0 Å². The fourth-order valence-electron chi connectivity index (χ4n) is 0.862. The van der Waals surface area contributed by atoms with Gasteiger partial charge in [-0.1, -0.05) is 0 Å². The van der Waals surface area contributed by atoms with Gasteiger partial charge < -0.3 is 10.6 Å². The highest BCUT2D eigenvalue weighted by Gasteiger charge is 2.11. The topological polar surface area (TPSA) is 59.0 Å². The number of rotatable bonds is 3. The molecule has 0 aliphatic heterocycles. The normalized spacial score (nSPS) is 12.5. The molecule has 0 bridgehead atoms. The SMILES string of the molecule is CNC(C)C(=O)Nc1ccnn1C. The Kier molecular flexibility index (Phi) is 3.02. The molecule has 0 spiro atoms. The molecule has 0 saturated carbocycles. The molecule has 1 aromatic heterocycles. The van der Waals surface area contributed by atoms with Crippen LogP contribution in [0, 0.1) is 0 Å². The van der Waals surface area contributed by atoms with Gasteiger partial charge in [-0.15, -0.1) is 0 Å². The molecular weight excluding hydrogens is 168 g/mol. The highest BCUT2D eigenvalue weighted by molar-refractivity contribution is 5.93. The molecule has 0 saturated heterocycles. The van der Waals surface area contributed by atoms with E-state index in [0.29, 0.717) is 5.82 Å². The number of anilines is 1. The van der Waals surface area contributed by atoms with Crippen LogP contribution in [-0.4, -0.2) is 28.8 Å². The van der Waals surface area contributed by atoms with Gasteiger partial charge in [0.15, 0.2) is 0 Å². The summed E-state index contributed by atoms with van der Waals surface area (Å²) in [5, 5.41) is 9.53. The minimum atomic E-state index is -0.199. The number of aryl methyl sites for hydroxylation is 1. The Hall–Kier alpha value is -1.36. The first-order valence-electron chi connectivity index (χ1n) is 4.11. The maximum Gasteiger partial charge on any atom is 0.242 e. The maximum absolute atomic E-state index is 11.4. The number of hydrogen-bond acceptors (Lipinski definition) is 3. The van der Waals surface area contributed by atoms with Gasteiger partial charge in [0.2, 0.25) is 5.91 Å². The van der Waals surface area contributed by atoms with E-state index in [1.54, 1.807) is 38.0 Å². The first kappa shape index (κ1) is 9.73. The van der Waals surface area contributed by atoms with E-state index in [1.165, 1.54) is 0 Å². The Morgan fingerprint density at radius 1 is 1.69 bits per heavy atom.